The third kappa shape index (κ3) is 2.68. The molecule has 0 aliphatic heterocycles. The van der Waals surface area contributed by atoms with E-state index in [1.54, 1.807) is 0 Å². The minimum atomic E-state index is 0.282. The Hall–Kier alpha value is -0.0800. The summed E-state index contributed by atoms with van der Waals surface area (Å²) in [4.78, 5) is 0. The van der Waals surface area contributed by atoms with E-state index in [4.69, 9.17) is 5.11 Å². The zero-order valence-electron chi connectivity index (χ0n) is 8.34. The van der Waals surface area contributed by atoms with Crippen LogP contribution in [0.1, 0.15) is 38.5 Å². The summed E-state index contributed by atoms with van der Waals surface area (Å²) in [5.74, 6) is 2.07. The number of nitrogens with one attached hydrogen (secondary N) is 1. The zero-order chi connectivity index (χ0) is 9.10. The lowest BCUT2D eigenvalue weighted by Gasteiger charge is -2.29. The van der Waals surface area contributed by atoms with Crippen molar-refractivity contribution in [3.63, 3.8) is 0 Å². The lowest BCUT2D eigenvalue weighted by Crippen LogP contribution is -2.36. The Bertz CT molecular complexity index is 156. The first-order chi connectivity index (χ1) is 6.40. The van der Waals surface area contributed by atoms with E-state index in [0.29, 0.717) is 6.04 Å². The van der Waals surface area contributed by atoms with E-state index in [9.17, 15) is 0 Å². The van der Waals surface area contributed by atoms with Crippen LogP contribution in [0.5, 0.6) is 0 Å². The molecular weight excluding hydrogens is 162 g/mol. The summed E-state index contributed by atoms with van der Waals surface area (Å²) in [5.41, 5.74) is 0. The highest BCUT2D eigenvalue weighted by Crippen LogP contribution is 2.43. The number of aliphatic hydroxyl groups excluding tert-OH is 1. The van der Waals surface area contributed by atoms with E-state index in [1.165, 1.54) is 38.5 Å². The highest BCUT2D eigenvalue weighted by molar-refractivity contribution is 4.87. The largest absolute Gasteiger partial charge is 0.395 e. The zero-order valence-corrected chi connectivity index (χ0v) is 8.34. The van der Waals surface area contributed by atoms with E-state index in [1.807, 2.05) is 0 Å². The quantitative estimate of drug-likeness (QED) is 0.693. The van der Waals surface area contributed by atoms with Crippen LogP contribution in [-0.4, -0.2) is 24.3 Å². The predicted octanol–water partition coefficient (Wildman–Crippen LogP) is 1.54. The fourth-order valence-corrected chi connectivity index (χ4v) is 2.68. The third-order valence-corrected chi connectivity index (χ3v) is 3.55. The van der Waals surface area contributed by atoms with Gasteiger partial charge in [0, 0.05) is 12.6 Å². The Morgan fingerprint density at radius 3 is 2.62 bits per heavy atom. The lowest BCUT2D eigenvalue weighted by atomic mass is 9.83. The Morgan fingerprint density at radius 1 is 1.08 bits per heavy atom. The molecule has 2 nitrogen and oxygen atoms in total. The van der Waals surface area contributed by atoms with E-state index in [-0.39, 0.29) is 6.61 Å². The lowest BCUT2D eigenvalue weighted by molar-refractivity contribution is 0.236. The molecule has 2 fully saturated rings. The molecule has 0 heterocycles. The summed E-state index contributed by atoms with van der Waals surface area (Å²) >= 11 is 0. The summed E-state index contributed by atoms with van der Waals surface area (Å²) in [5, 5.41) is 12.2. The summed E-state index contributed by atoms with van der Waals surface area (Å²) in [6, 6.07) is 0.700. The highest BCUT2D eigenvalue weighted by atomic mass is 16.3. The second-order valence-corrected chi connectivity index (χ2v) is 4.64. The molecule has 0 spiro atoms. The van der Waals surface area contributed by atoms with Gasteiger partial charge in [0.15, 0.2) is 0 Å². The molecule has 0 aromatic heterocycles. The van der Waals surface area contributed by atoms with Gasteiger partial charge in [-0.3, -0.25) is 0 Å². The number of hydrogen-bond acceptors (Lipinski definition) is 2. The average Bonchev–Trinajstić information content (AvgIpc) is 2.98. The Kier molecular flexibility index (Phi) is 3.23. The minimum Gasteiger partial charge on any atom is -0.395 e. The van der Waals surface area contributed by atoms with Crippen LogP contribution < -0.4 is 5.32 Å². The van der Waals surface area contributed by atoms with Gasteiger partial charge in [-0.05, 0) is 37.5 Å². The van der Waals surface area contributed by atoms with Crippen LogP contribution in [-0.2, 0) is 0 Å². The van der Waals surface area contributed by atoms with Crippen molar-refractivity contribution in [2.45, 2.75) is 44.6 Å². The van der Waals surface area contributed by atoms with Gasteiger partial charge < -0.3 is 10.4 Å². The first kappa shape index (κ1) is 9.47. The van der Waals surface area contributed by atoms with Crippen LogP contribution in [0.3, 0.4) is 0 Å². The minimum absolute atomic E-state index is 0.282. The highest BCUT2D eigenvalue weighted by Gasteiger charge is 2.34. The molecule has 2 saturated carbocycles. The monoisotopic (exact) mass is 183 g/mol. The van der Waals surface area contributed by atoms with Crippen molar-refractivity contribution in [3.8, 4) is 0 Å². The first-order valence-corrected chi connectivity index (χ1v) is 5.74. The van der Waals surface area contributed by atoms with Crippen molar-refractivity contribution in [2.24, 2.45) is 11.8 Å². The van der Waals surface area contributed by atoms with Gasteiger partial charge in [0.1, 0.15) is 0 Å². The molecule has 2 heteroatoms. The SMILES string of the molecule is OCCNC1CCCC(C2CC2)C1. The van der Waals surface area contributed by atoms with E-state index < -0.39 is 0 Å². The van der Waals surface area contributed by atoms with Crippen molar-refractivity contribution in [3.05, 3.63) is 0 Å². The standard InChI is InChI=1S/C11H21NO/c13-7-6-12-11-3-1-2-10(8-11)9-4-5-9/h9-13H,1-8H2. The molecule has 76 valence electrons. The fourth-order valence-electron chi connectivity index (χ4n) is 2.68. The summed E-state index contributed by atoms with van der Waals surface area (Å²) in [7, 11) is 0. The maximum absolute atomic E-state index is 8.72. The Morgan fingerprint density at radius 2 is 1.92 bits per heavy atom. The van der Waals surface area contributed by atoms with Crippen molar-refractivity contribution >= 4 is 0 Å². The predicted molar refractivity (Wildman–Crippen MR) is 53.6 cm³/mol. The fraction of sp³-hybridized carbons (Fsp3) is 1.00. The first-order valence-electron chi connectivity index (χ1n) is 5.74. The second kappa shape index (κ2) is 4.43. The number of aliphatic hydroxyl groups is 1. The van der Waals surface area contributed by atoms with E-state index in [2.05, 4.69) is 5.32 Å². The Labute approximate surface area is 80.7 Å². The third-order valence-electron chi connectivity index (χ3n) is 3.55. The molecule has 2 aliphatic rings. The van der Waals surface area contributed by atoms with Crippen molar-refractivity contribution in [1.29, 1.82) is 0 Å². The van der Waals surface area contributed by atoms with Gasteiger partial charge in [0.2, 0.25) is 0 Å². The molecule has 0 radical (unpaired) electrons. The van der Waals surface area contributed by atoms with Crippen molar-refractivity contribution in [2.75, 3.05) is 13.2 Å². The number of rotatable bonds is 4. The maximum atomic E-state index is 8.72. The molecule has 0 aromatic carbocycles. The van der Waals surface area contributed by atoms with Crippen LogP contribution >= 0.6 is 0 Å². The van der Waals surface area contributed by atoms with Crippen molar-refractivity contribution in [1.82, 2.24) is 5.32 Å². The molecule has 0 aromatic rings. The topological polar surface area (TPSA) is 32.3 Å². The van der Waals surface area contributed by atoms with E-state index in [0.717, 1.165) is 18.4 Å². The molecule has 2 aliphatic carbocycles. The molecule has 2 atom stereocenters. The van der Waals surface area contributed by atoms with E-state index >= 15 is 0 Å². The molecular formula is C11H21NO. The molecule has 13 heavy (non-hydrogen) atoms. The molecule has 0 saturated heterocycles. The molecule has 2 unspecified atom stereocenters. The number of hydrogen-bond donors (Lipinski definition) is 2. The second-order valence-electron chi connectivity index (χ2n) is 4.64. The molecule has 2 N–H and O–H groups in total. The van der Waals surface area contributed by atoms with Gasteiger partial charge in [0.05, 0.1) is 6.61 Å². The normalized spacial score (nSPS) is 34.8. The smallest absolute Gasteiger partial charge is 0.0556 e. The summed E-state index contributed by atoms with van der Waals surface area (Å²) < 4.78 is 0. The van der Waals surface area contributed by atoms with Crippen LogP contribution in [0.25, 0.3) is 0 Å². The molecule has 0 amide bonds. The van der Waals surface area contributed by atoms with Crippen LogP contribution in [0, 0.1) is 11.8 Å². The van der Waals surface area contributed by atoms with Gasteiger partial charge in [-0.25, -0.2) is 0 Å². The van der Waals surface area contributed by atoms with Crippen LogP contribution in [0.4, 0.5) is 0 Å². The van der Waals surface area contributed by atoms with Gasteiger partial charge >= 0.3 is 0 Å². The average molecular weight is 183 g/mol. The molecule has 2 rings (SSSR count). The van der Waals surface area contributed by atoms with Gasteiger partial charge in [-0.1, -0.05) is 12.8 Å². The van der Waals surface area contributed by atoms with Crippen LogP contribution in [0.2, 0.25) is 0 Å². The van der Waals surface area contributed by atoms with Crippen LogP contribution in [0.15, 0.2) is 0 Å². The maximum Gasteiger partial charge on any atom is 0.0556 e. The molecule has 0 bridgehead atoms. The summed E-state index contributed by atoms with van der Waals surface area (Å²) in [6.07, 6.45) is 8.51. The van der Waals surface area contributed by atoms with Gasteiger partial charge in [0.25, 0.3) is 0 Å². The van der Waals surface area contributed by atoms with Gasteiger partial charge in [-0.15, -0.1) is 0 Å². The summed E-state index contributed by atoms with van der Waals surface area (Å²) in [6.45, 7) is 1.06. The van der Waals surface area contributed by atoms with Gasteiger partial charge in [-0.2, -0.15) is 0 Å². The van der Waals surface area contributed by atoms with Crippen molar-refractivity contribution < 1.29 is 5.11 Å². The Balaban J connectivity index is 1.71.